The van der Waals surface area contributed by atoms with E-state index in [9.17, 15) is 14.4 Å². The SMILES string of the molecule is C=C(C)C(=O)OCCOc1cc(OCCOC(=O)C(=C)C)cc(-c2ccc(-c3ccc(OC(=O)C(=C)C)cc3)cc2)c1. The Bertz CT molecular complexity index is 1410. The van der Waals surface area contributed by atoms with E-state index < -0.39 is 17.9 Å². The Morgan fingerprint density at radius 3 is 1.29 bits per heavy atom. The predicted molar refractivity (Wildman–Crippen MR) is 160 cm³/mol. The van der Waals surface area contributed by atoms with E-state index in [2.05, 4.69) is 19.7 Å². The van der Waals surface area contributed by atoms with Crippen LogP contribution in [0.25, 0.3) is 22.3 Å². The van der Waals surface area contributed by atoms with Crippen LogP contribution in [-0.2, 0) is 23.9 Å². The standard InChI is InChI=1S/C34H34O8/c1-22(2)32(35)40-17-15-38-30-19-28(20-31(21-30)39-16-18-41-33(36)23(3)4)27-9-7-25(8-10-27)26-11-13-29(14-12-26)42-34(37)24(5)6/h7-14,19-21H,1,3,5,15-18H2,2,4,6H3. The van der Waals surface area contributed by atoms with E-state index in [4.69, 9.17) is 23.7 Å². The van der Waals surface area contributed by atoms with E-state index in [-0.39, 0.29) is 26.4 Å². The molecular formula is C34H34O8. The summed E-state index contributed by atoms with van der Waals surface area (Å²) in [5.74, 6) is 0.0269. The van der Waals surface area contributed by atoms with Crippen LogP contribution in [0.4, 0.5) is 0 Å². The number of benzene rings is 3. The minimum Gasteiger partial charge on any atom is -0.490 e. The predicted octanol–water partition coefficient (Wildman–Crippen LogP) is 6.50. The van der Waals surface area contributed by atoms with E-state index in [0.717, 1.165) is 22.3 Å². The van der Waals surface area contributed by atoms with Gasteiger partial charge in [0.15, 0.2) is 0 Å². The topological polar surface area (TPSA) is 97.4 Å². The molecule has 0 aliphatic heterocycles. The summed E-state index contributed by atoms with van der Waals surface area (Å²) in [6, 6.07) is 20.5. The molecule has 0 aromatic heterocycles. The molecule has 8 heteroatoms. The Morgan fingerprint density at radius 1 is 0.500 bits per heavy atom. The van der Waals surface area contributed by atoms with Crippen molar-refractivity contribution in [3.05, 3.63) is 103 Å². The van der Waals surface area contributed by atoms with Crippen molar-refractivity contribution in [3.8, 4) is 39.5 Å². The van der Waals surface area contributed by atoms with E-state index in [1.807, 2.05) is 48.5 Å². The number of rotatable bonds is 14. The minimum atomic E-state index is -0.483. The first kappa shape index (κ1) is 31.4. The third-order valence-corrected chi connectivity index (χ3v) is 5.71. The second-order valence-electron chi connectivity index (χ2n) is 9.49. The fraction of sp³-hybridized carbons (Fsp3) is 0.206. The zero-order valence-corrected chi connectivity index (χ0v) is 24.1. The summed E-state index contributed by atoms with van der Waals surface area (Å²) in [5.41, 5.74) is 4.61. The molecule has 0 spiro atoms. The molecule has 0 heterocycles. The average Bonchev–Trinajstić information content (AvgIpc) is 2.97. The molecule has 8 nitrogen and oxygen atoms in total. The van der Waals surface area contributed by atoms with Crippen LogP contribution < -0.4 is 14.2 Å². The van der Waals surface area contributed by atoms with Gasteiger partial charge in [0.2, 0.25) is 0 Å². The smallest absolute Gasteiger partial charge is 0.338 e. The number of esters is 3. The van der Waals surface area contributed by atoms with Gasteiger partial charge in [-0.05, 0) is 67.3 Å². The summed E-state index contributed by atoms with van der Waals surface area (Å²) < 4.78 is 27.1. The van der Waals surface area contributed by atoms with Gasteiger partial charge in [0.25, 0.3) is 0 Å². The van der Waals surface area contributed by atoms with Gasteiger partial charge in [0.1, 0.15) is 43.7 Å². The van der Waals surface area contributed by atoms with Crippen LogP contribution in [0, 0.1) is 0 Å². The molecule has 0 aliphatic carbocycles. The van der Waals surface area contributed by atoms with Gasteiger partial charge in [-0.1, -0.05) is 56.1 Å². The van der Waals surface area contributed by atoms with Gasteiger partial charge < -0.3 is 23.7 Å². The van der Waals surface area contributed by atoms with Gasteiger partial charge in [-0.3, -0.25) is 0 Å². The third kappa shape index (κ3) is 9.52. The van der Waals surface area contributed by atoms with E-state index >= 15 is 0 Å². The fourth-order valence-electron chi connectivity index (χ4n) is 3.50. The molecule has 0 atom stereocenters. The highest BCUT2D eigenvalue weighted by atomic mass is 16.6. The van der Waals surface area contributed by atoms with Gasteiger partial charge in [0, 0.05) is 22.8 Å². The van der Waals surface area contributed by atoms with Crippen molar-refractivity contribution in [3.63, 3.8) is 0 Å². The van der Waals surface area contributed by atoms with E-state index in [1.54, 1.807) is 39.0 Å². The second-order valence-corrected chi connectivity index (χ2v) is 9.49. The van der Waals surface area contributed by atoms with Gasteiger partial charge >= 0.3 is 17.9 Å². The summed E-state index contributed by atoms with van der Waals surface area (Å²) in [6.45, 7) is 15.8. The number of hydrogen-bond donors (Lipinski definition) is 0. The van der Waals surface area contributed by atoms with Gasteiger partial charge in [-0.2, -0.15) is 0 Å². The van der Waals surface area contributed by atoms with Crippen molar-refractivity contribution < 1.29 is 38.1 Å². The first-order valence-corrected chi connectivity index (χ1v) is 13.2. The van der Waals surface area contributed by atoms with Crippen LogP contribution in [0.2, 0.25) is 0 Å². The molecule has 3 aromatic carbocycles. The molecular weight excluding hydrogens is 536 g/mol. The van der Waals surface area contributed by atoms with Crippen LogP contribution in [0.5, 0.6) is 17.2 Å². The summed E-state index contributed by atoms with van der Waals surface area (Å²) in [4.78, 5) is 35.0. The zero-order chi connectivity index (χ0) is 30.6. The Balaban J connectivity index is 1.75. The lowest BCUT2D eigenvalue weighted by Gasteiger charge is -2.14. The van der Waals surface area contributed by atoms with Crippen molar-refractivity contribution in [1.82, 2.24) is 0 Å². The first-order valence-electron chi connectivity index (χ1n) is 13.2. The fourth-order valence-corrected chi connectivity index (χ4v) is 3.50. The molecule has 218 valence electrons. The molecule has 0 fully saturated rings. The van der Waals surface area contributed by atoms with E-state index in [0.29, 0.717) is 34.0 Å². The molecule has 0 radical (unpaired) electrons. The zero-order valence-electron chi connectivity index (χ0n) is 24.1. The van der Waals surface area contributed by atoms with Crippen LogP contribution in [0.15, 0.2) is 103 Å². The highest BCUT2D eigenvalue weighted by Crippen LogP contribution is 2.32. The van der Waals surface area contributed by atoms with Gasteiger partial charge in [0.05, 0.1) is 0 Å². The molecule has 0 saturated carbocycles. The summed E-state index contributed by atoms with van der Waals surface area (Å²) >= 11 is 0. The van der Waals surface area contributed by atoms with Crippen molar-refractivity contribution in [2.24, 2.45) is 0 Å². The normalized spacial score (nSPS) is 10.3. The van der Waals surface area contributed by atoms with Crippen molar-refractivity contribution in [1.29, 1.82) is 0 Å². The molecule has 0 saturated heterocycles. The number of carbonyl (C=O) groups excluding carboxylic acids is 3. The first-order chi connectivity index (χ1) is 20.0. The molecule has 3 rings (SSSR count). The monoisotopic (exact) mass is 570 g/mol. The third-order valence-electron chi connectivity index (χ3n) is 5.71. The largest absolute Gasteiger partial charge is 0.490 e. The van der Waals surface area contributed by atoms with Crippen molar-refractivity contribution >= 4 is 17.9 Å². The molecule has 0 bridgehead atoms. The maximum atomic E-state index is 11.8. The Labute approximate surface area is 245 Å². The van der Waals surface area contributed by atoms with Crippen LogP contribution in [0.3, 0.4) is 0 Å². The summed E-state index contributed by atoms with van der Waals surface area (Å²) in [7, 11) is 0. The molecule has 42 heavy (non-hydrogen) atoms. The van der Waals surface area contributed by atoms with Crippen LogP contribution in [0.1, 0.15) is 20.8 Å². The quantitative estimate of drug-likeness (QED) is 0.0938. The molecule has 0 N–H and O–H groups in total. The maximum absolute atomic E-state index is 11.8. The highest BCUT2D eigenvalue weighted by molar-refractivity contribution is 5.89. The number of hydrogen-bond acceptors (Lipinski definition) is 8. The van der Waals surface area contributed by atoms with Crippen LogP contribution in [-0.4, -0.2) is 44.3 Å². The number of carbonyl (C=O) groups is 3. The lowest BCUT2D eigenvalue weighted by atomic mass is 10.00. The lowest BCUT2D eigenvalue weighted by molar-refractivity contribution is -0.140. The maximum Gasteiger partial charge on any atom is 0.338 e. The summed E-state index contributed by atoms with van der Waals surface area (Å²) in [5, 5.41) is 0. The van der Waals surface area contributed by atoms with Crippen LogP contribution >= 0.6 is 0 Å². The molecule has 3 aromatic rings. The number of ether oxygens (including phenoxy) is 5. The minimum absolute atomic E-state index is 0.0584. The second kappa shape index (κ2) is 15.0. The van der Waals surface area contributed by atoms with E-state index in [1.165, 1.54) is 0 Å². The Kier molecular flexibility index (Phi) is 11.3. The highest BCUT2D eigenvalue weighted by Gasteiger charge is 2.10. The summed E-state index contributed by atoms with van der Waals surface area (Å²) in [6.07, 6.45) is 0. The molecule has 0 unspecified atom stereocenters. The van der Waals surface area contributed by atoms with Crippen molar-refractivity contribution in [2.45, 2.75) is 20.8 Å². The van der Waals surface area contributed by atoms with Gasteiger partial charge in [-0.15, -0.1) is 0 Å². The Hall–Kier alpha value is -5.11. The molecule has 0 aliphatic rings. The lowest BCUT2D eigenvalue weighted by Crippen LogP contribution is -2.13. The van der Waals surface area contributed by atoms with Gasteiger partial charge in [-0.25, -0.2) is 14.4 Å². The Morgan fingerprint density at radius 2 is 0.881 bits per heavy atom. The van der Waals surface area contributed by atoms with Crippen molar-refractivity contribution in [2.75, 3.05) is 26.4 Å². The molecule has 0 amide bonds. The average molecular weight is 571 g/mol.